The van der Waals surface area contributed by atoms with Crippen molar-refractivity contribution in [2.24, 2.45) is 0 Å². The highest BCUT2D eigenvalue weighted by Crippen LogP contribution is 2.40. The Kier molecular flexibility index (Phi) is 2.75. The van der Waals surface area contributed by atoms with E-state index in [-0.39, 0.29) is 6.10 Å². The lowest BCUT2D eigenvalue weighted by atomic mass is 10.1. The number of rotatable bonds is 1. The van der Waals surface area contributed by atoms with Crippen LogP contribution in [0.4, 0.5) is 0 Å². The van der Waals surface area contributed by atoms with E-state index in [1.165, 1.54) is 0 Å². The van der Waals surface area contributed by atoms with Crippen LogP contribution in [0.5, 0.6) is 0 Å². The second-order valence-electron chi connectivity index (χ2n) is 5.93. The van der Waals surface area contributed by atoms with E-state index in [1.54, 1.807) is 13.8 Å². The van der Waals surface area contributed by atoms with Crippen LogP contribution in [-0.4, -0.2) is 54.0 Å². The summed E-state index contributed by atoms with van der Waals surface area (Å²) in [7, 11) is 0. The largest absolute Gasteiger partial charge is 0.387 e. The van der Waals surface area contributed by atoms with Crippen LogP contribution in [0.1, 0.15) is 27.7 Å². The van der Waals surface area contributed by atoms with E-state index in [4.69, 9.17) is 23.7 Å². The molecule has 6 nitrogen and oxygen atoms in total. The van der Waals surface area contributed by atoms with Gasteiger partial charge >= 0.3 is 0 Å². The summed E-state index contributed by atoms with van der Waals surface area (Å²) in [6.07, 6.45) is -2.53. The van der Waals surface area contributed by atoms with Crippen molar-refractivity contribution in [3.05, 3.63) is 0 Å². The summed E-state index contributed by atoms with van der Waals surface area (Å²) in [6.45, 7) is 7.68. The number of hydrogen-bond donors (Lipinski definition) is 1. The van der Waals surface area contributed by atoms with Gasteiger partial charge in [-0.1, -0.05) is 0 Å². The highest BCUT2D eigenvalue weighted by molar-refractivity contribution is 4.97. The Hall–Kier alpha value is -0.240. The molecule has 3 aliphatic rings. The van der Waals surface area contributed by atoms with Gasteiger partial charge in [-0.3, -0.25) is 0 Å². The molecule has 0 amide bonds. The number of aliphatic hydroxyl groups excluding tert-OH is 1. The number of ether oxygens (including phenoxy) is 5. The van der Waals surface area contributed by atoms with Crippen molar-refractivity contribution in [2.45, 2.75) is 70.0 Å². The Morgan fingerprint density at radius 3 is 2.22 bits per heavy atom. The molecule has 3 heterocycles. The summed E-state index contributed by atoms with van der Waals surface area (Å²) in [5, 5.41) is 10.3. The monoisotopic (exact) mass is 260 g/mol. The SMILES string of the molecule is CC1(C)OCC(C2OC3OC(C)(C)O[C@H]3[C@@H]2O)O1. The first-order valence-corrected chi connectivity index (χ1v) is 6.28. The van der Waals surface area contributed by atoms with E-state index >= 15 is 0 Å². The predicted octanol–water partition coefficient (Wildman–Crippen LogP) is 0.375. The molecule has 104 valence electrons. The first kappa shape index (κ1) is 12.8. The fourth-order valence-electron chi connectivity index (χ4n) is 2.70. The van der Waals surface area contributed by atoms with Crippen molar-refractivity contribution >= 4 is 0 Å². The molecule has 3 rings (SSSR count). The molecule has 3 unspecified atom stereocenters. The van der Waals surface area contributed by atoms with Crippen molar-refractivity contribution in [1.29, 1.82) is 0 Å². The van der Waals surface area contributed by atoms with Crippen molar-refractivity contribution in [3.63, 3.8) is 0 Å². The van der Waals surface area contributed by atoms with Crippen LogP contribution in [0.2, 0.25) is 0 Å². The lowest BCUT2D eigenvalue weighted by Crippen LogP contribution is -2.42. The van der Waals surface area contributed by atoms with Gasteiger partial charge in [0.1, 0.15) is 24.4 Å². The maximum Gasteiger partial charge on any atom is 0.190 e. The van der Waals surface area contributed by atoms with E-state index in [0.717, 1.165) is 0 Å². The van der Waals surface area contributed by atoms with Crippen LogP contribution in [-0.2, 0) is 23.7 Å². The van der Waals surface area contributed by atoms with Crippen molar-refractivity contribution < 1.29 is 28.8 Å². The van der Waals surface area contributed by atoms with Crippen LogP contribution in [0, 0.1) is 0 Å². The standard InChI is InChI=1S/C12H20O6/c1-11(2)14-5-6(16-11)8-7(13)9-10(15-8)18-12(3,4)17-9/h6-10,13H,5H2,1-4H3/t6?,7-,8?,9+,10?/m1/s1. The Bertz CT molecular complexity index is 341. The molecule has 0 radical (unpaired) electrons. The average molecular weight is 260 g/mol. The van der Waals surface area contributed by atoms with Crippen LogP contribution in [0.3, 0.4) is 0 Å². The number of fused-ring (bicyclic) bond motifs is 1. The van der Waals surface area contributed by atoms with E-state index in [0.29, 0.717) is 6.61 Å². The van der Waals surface area contributed by atoms with E-state index in [1.807, 2.05) is 13.8 Å². The zero-order valence-electron chi connectivity index (χ0n) is 11.1. The van der Waals surface area contributed by atoms with Gasteiger partial charge in [0.05, 0.1) is 6.61 Å². The molecule has 0 bridgehead atoms. The number of hydrogen-bond acceptors (Lipinski definition) is 6. The summed E-state index contributed by atoms with van der Waals surface area (Å²) in [6, 6.07) is 0. The Morgan fingerprint density at radius 1 is 0.944 bits per heavy atom. The second kappa shape index (κ2) is 3.88. The summed E-state index contributed by atoms with van der Waals surface area (Å²) < 4.78 is 28.1. The van der Waals surface area contributed by atoms with Crippen LogP contribution in [0.15, 0.2) is 0 Å². The third-order valence-corrected chi connectivity index (χ3v) is 3.45. The zero-order chi connectivity index (χ0) is 13.1. The first-order chi connectivity index (χ1) is 8.27. The quantitative estimate of drug-likeness (QED) is 0.735. The van der Waals surface area contributed by atoms with E-state index in [9.17, 15) is 5.11 Å². The molecule has 3 fully saturated rings. The molecule has 0 aromatic heterocycles. The Labute approximate surface area is 106 Å². The summed E-state index contributed by atoms with van der Waals surface area (Å²) in [5.74, 6) is -1.35. The van der Waals surface area contributed by atoms with Crippen molar-refractivity contribution in [3.8, 4) is 0 Å². The minimum Gasteiger partial charge on any atom is -0.387 e. The Balaban J connectivity index is 1.68. The molecule has 0 saturated carbocycles. The molecule has 0 aliphatic carbocycles. The minimum atomic E-state index is -0.765. The van der Waals surface area contributed by atoms with Gasteiger partial charge in [-0.15, -0.1) is 0 Å². The third-order valence-electron chi connectivity index (χ3n) is 3.45. The second-order valence-corrected chi connectivity index (χ2v) is 5.93. The molecule has 6 heteroatoms. The van der Waals surface area contributed by atoms with Gasteiger partial charge in [-0.25, -0.2) is 0 Å². The van der Waals surface area contributed by atoms with Gasteiger partial charge in [-0.05, 0) is 27.7 Å². The summed E-state index contributed by atoms with van der Waals surface area (Å²) in [5.41, 5.74) is 0. The maximum absolute atomic E-state index is 10.3. The van der Waals surface area contributed by atoms with Crippen LogP contribution in [0.25, 0.3) is 0 Å². The normalized spacial score (nSPS) is 49.5. The molecule has 0 spiro atoms. The van der Waals surface area contributed by atoms with Crippen molar-refractivity contribution in [2.75, 3.05) is 6.61 Å². The first-order valence-electron chi connectivity index (χ1n) is 6.28. The summed E-state index contributed by atoms with van der Waals surface area (Å²) >= 11 is 0. The zero-order valence-corrected chi connectivity index (χ0v) is 11.1. The lowest BCUT2D eigenvalue weighted by Gasteiger charge is -2.26. The topological polar surface area (TPSA) is 66.4 Å². The highest BCUT2D eigenvalue weighted by atomic mass is 16.8. The Morgan fingerprint density at radius 2 is 1.67 bits per heavy atom. The predicted molar refractivity (Wildman–Crippen MR) is 59.6 cm³/mol. The maximum atomic E-state index is 10.3. The molecular formula is C12H20O6. The van der Waals surface area contributed by atoms with Crippen LogP contribution < -0.4 is 0 Å². The van der Waals surface area contributed by atoms with Gasteiger partial charge in [0, 0.05) is 0 Å². The smallest absolute Gasteiger partial charge is 0.190 e. The van der Waals surface area contributed by atoms with E-state index in [2.05, 4.69) is 0 Å². The third kappa shape index (κ3) is 2.07. The van der Waals surface area contributed by atoms with Crippen molar-refractivity contribution in [1.82, 2.24) is 0 Å². The van der Waals surface area contributed by atoms with Gasteiger partial charge in [0.15, 0.2) is 17.9 Å². The van der Waals surface area contributed by atoms with Gasteiger partial charge in [0.25, 0.3) is 0 Å². The molecule has 3 aliphatic heterocycles. The molecule has 5 atom stereocenters. The van der Waals surface area contributed by atoms with Gasteiger partial charge in [-0.2, -0.15) is 0 Å². The fourth-order valence-corrected chi connectivity index (χ4v) is 2.70. The van der Waals surface area contributed by atoms with Crippen LogP contribution >= 0.6 is 0 Å². The number of aliphatic hydroxyl groups is 1. The van der Waals surface area contributed by atoms with Gasteiger partial charge in [0.2, 0.25) is 0 Å². The molecule has 0 aromatic rings. The lowest BCUT2D eigenvalue weighted by molar-refractivity contribution is -0.232. The molecular weight excluding hydrogens is 240 g/mol. The molecule has 18 heavy (non-hydrogen) atoms. The highest BCUT2D eigenvalue weighted by Gasteiger charge is 2.57. The molecule has 0 aromatic carbocycles. The van der Waals surface area contributed by atoms with Gasteiger partial charge < -0.3 is 28.8 Å². The fraction of sp³-hybridized carbons (Fsp3) is 1.00. The van der Waals surface area contributed by atoms with E-state index < -0.39 is 36.2 Å². The molecule has 1 N–H and O–H groups in total. The molecule has 3 saturated heterocycles. The minimum absolute atomic E-state index is 0.295. The summed E-state index contributed by atoms with van der Waals surface area (Å²) in [4.78, 5) is 0. The average Bonchev–Trinajstić information content (AvgIpc) is 2.81.